The molecule has 3 heterocycles. The van der Waals surface area contributed by atoms with Gasteiger partial charge in [0.1, 0.15) is 23.6 Å². The van der Waals surface area contributed by atoms with Gasteiger partial charge in [0.2, 0.25) is 5.88 Å². The molecule has 1 N–H and O–H groups in total. The monoisotopic (exact) mass is 472 g/mol. The lowest BCUT2D eigenvalue weighted by Crippen LogP contribution is -2.49. The number of hydrogen-bond donors (Lipinski definition) is 1. The fraction of sp³-hybridized carbons (Fsp3) is 0.407. The molecule has 1 aliphatic heterocycles. The van der Waals surface area contributed by atoms with Crippen molar-refractivity contribution >= 4 is 23.2 Å². The molecule has 2 aliphatic rings. The van der Waals surface area contributed by atoms with Crippen molar-refractivity contribution in [2.45, 2.75) is 45.6 Å². The maximum Gasteiger partial charge on any atom is 0.255 e. The van der Waals surface area contributed by atoms with Crippen LogP contribution in [0, 0.1) is 13.8 Å². The number of nitrogens with one attached hydrogen (secondary N) is 1. The van der Waals surface area contributed by atoms with E-state index >= 15 is 0 Å². The number of piperazine rings is 1. The number of anilines is 3. The van der Waals surface area contributed by atoms with Crippen LogP contribution in [-0.4, -0.2) is 58.0 Å². The highest BCUT2D eigenvalue weighted by Gasteiger charge is 2.24. The van der Waals surface area contributed by atoms with Crippen LogP contribution in [0.3, 0.4) is 0 Å². The Hall–Kier alpha value is -3.68. The number of carbonyl (C=O) groups excluding carboxylic acids is 1. The molecule has 0 radical (unpaired) electrons. The molecule has 0 spiro atoms. The third-order valence-corrected chi connectivity index (χ3v) is 6.61. The highest BCUT2D eigenvalue weighted by Crippen LogP contribution is 2.24. The van der Waals surface area contributed by atoms with Crippen molar-refractivity contribution in [2.24, 2.45) is 0 Å². The fourth-order valence-electron chi connectivity index (χ4n) is 4.64. The van der Waals surface area contributed by atoms with Crippen LogP contribution in [0.15, 0.2) is 48.7 Å². The van der Waals surface area contributed by atoms with E-state index in [9.17, 15) is 4.79 Å². The maximum atomic E-state index is 13.0. The van der Waals surface area contributed by atoms with E-state index in [1.54, 1.807) is 6.20 Å². The standard InChI is InChI=1S/C27H32N6O2/c1-19-7-10-22(11-8-19)31-24-17-25(30-20(2)29-24)32-13-15-33(16-14-32)27(34)21-9-12-26(28-18-21)35-23-5-3-4-6-23/h7-12,17-18,23H,3-6,13-16H2,1-2H3,(H,29,30,31). The van der Waals surface area contributed by atoms with Gasteiger partial charge in [-0.05, 0) is 57.7 Å². The lowest BCUT2D eigenvalue weighted by Gasteiger charge is -2.35. The van der Waals surface area contributed by atoms with E-state index in [-0.39, 0.29) is 12.0 Å². The molecule has 5 rings (SSSR count). The van der Waals surface area contributed by atoms with E-state index in [2.05, 4.69) is 44.2 Å². The highest BCUT2D eigenvalue weighted by atomic mass is 16.5. The van der Waals surface area contributed by atoms with Crippen molar-refractivity contribution in [3.05, 3.63) is 65.6 Å². The summed E-state index contributed by atoms with van der Waals surface area (Å²) in [6.45, 7) is 6.64. The van der Waals surface area contributed by atoms with E-state index in [0.717, 1.165) is 30.2 Å². The van der Waals surface area contributed by atoms with Crippen LogP contribution in [0.2, 0.25) is 0 Å². The second-order valence-electron chi connectivity index (χ2n) is 9.34. The molecule has 0 bridgehead atoms. The zero-order valence-corrected chi connectivity index (χ0v) is 20.4. The molecule has 3 aromatic rings. The third kappa shape index (κ3) is 5.70. The zero-order valence-electron chi connectivity index (χ0n) is 20.4. The van der Waals surface area contributed by atoms with Crippen molar-refractivity contribution in [1.82, 2.24) is 19.9 Å². The Morgan fingerprint density at radius 1 is 0.971 bits per heavy atom. The second kappa shape index (κ2) is 10.3. The van der Waals surface area contributed by atoms with Gasteiger partial charge >= 0.3 is 0 Å². The van der Waals surface area contributed by atoms with Crippen LogP contribution in [0.4, 0.5) is 17.3 Å². The summed E-state index contributed by atoms with van der Waals surface area (Å²) in [5.74, 6) is 2.95. The van der Waals surface area contributed by atoms with Crippen LogP contribution in [0.25, 0.3) is 0 Å². The van der Waals surface area contributed by atoms with Crippen LogP contribution < -0.4 is 15.0 Å². The average molecular weight is 473 g/mol. The van der Waals surface area contributed by atoms with E-state index in [1.165, 1.54) is 18.4 Å². The minimum absolute atomic E-state index is 0.00478. The van der Waals surface area contributed by atoms with E-state index in [0.29, 0.717) is 43.4 Å². The quantitative estimate of drug-likeness (QED) is 0.565. The molecule has 35 heavy (non-hydrogen) atoms. The zero-order chi connectivity index (χ0) is 24.2. The molecular weight excluding hydrogens is 440 g/mol. The summed E-state index contributed by atoms with van der Waals surface area (Å²) < 4.78 is 5.92. The molecule has 0 unspecified atom stereocenters. The number of benzene rings is 1. The normalized spacial score (nSPS) is 16.4. The van der Waals surface area contributed by atoms with Crippen LogP contribution in [0.1, 0.15) is 47.4 Å². The predicted octanol–water partition coefficient (Wildman–Crippen LogP) is 4.52. The summed E-state index contributed by atoms with van der Waals surface area (Å²) in [6, 6.07) is 13.8. The minimum Gasteiger partial charge on any atom is -0.474 e. The number of amides is 1. The van der Waals surface area contributed by atoms with Crippen LogP contribution in [0.5, 0.6) is 5.88 Å². The topological polar surface area (TPSA) is 83.5 Å². The maximum absolute atomic E-state index is 13.0. The number of rotatable bonds is 6. The van der Waals surface area contributed by atoms with Gasteiger partial charge in [-0.25, -0.2) is 15.0 Å². The predicted molar refractivity (Wildman–Crippen MR) is 136 cm³/mol. The number of ether oxygens (including phenoxy) is 1. The van der Waals surface area contributed by atoms with Crippen molar-refractivity contribution in [2.75, 3.05) is 36.4 Å². The Balaban J connectivity index is 1.18. The molecule has 1 aromatic carbocycles. The second-order valence-corrected chi connectivity index (χ2v) is 9.34. The lowest BCUT2D eigenvalue weighted by molar-refractivity contribution is 0.0746. The number of aromatic nitrogens is 3. The summed E-state index contributed by atoms with van der Waals surface area (Å²) >= 11 is 0. The van der Waals surface area contributed by atoms with E-state index in [1.807, 2.05) is 42.2 Å². The van der Waals surface area contributed by atoms with Crippen molar-refractivity contribution in [3.63, 3.8) is 0 Å². The lowest BCUT2D eigenvalue weighted by atomic mass is 10.2. The molecule has 1 amide bonds. The summed E-state index contributed by atoms with van der Waals surface area (Å²) in [5, 5.41) is 3.37. The Kier molecular flexibility index (Phi) is 6.79. The Bertz CT molecular complexity index is 1150. The van der Waals surface area contributed by atoms with Gasteiger partial charge < -0.3 is 19.9 Å². The molecule has 2 aromatic heterocycles. The van der Waals surface area contributed by atoms with Gasteiger partial charge in [0.25, 0.3) is 5.91 Å². The summed E-state index contributed by atoms with van der Waals surface area (Å²) in [7, 11) is 0. The molecule has 1 saturated carbocycles. The van der Waals surface area contributed by atoms with Gasteiger partial charge in [-0.3, -0.25) is 4.79 Å². The van der Waals surface area contributed by atoms with Crippen molar-refractivity contribution < 1.29 is 9.53 Å². The van der Waals surface area contributed by atoms with Crippen LogP contribution in [-0.2, 0) is 0 Å². The first kappa shape index (κ1) is 23.1. The number of carbonyl (C=O) groups is 1. The molecule has 0 atom stereocenters. The number of pyridine rings is 1. The Labute approximate surface area is 206 Å². The van der Waals surface area contributed by atoms with E-state index in [4.69, 9.17) is 4.74 Å². The molecule has 8 nitrogen and oxygen atoms in total. The first-order valence-corrected chi connectivity index (χ1v) is 12.4. The van der Waals surface area contributed by atoms with Gasteiger partial charge in [0, 0.05) is 50.2 Å². The number of aryl methyl sites for hydroxylation is 2. The Morgan fingerprint density at radius 2 is 1.71 bits per heavy atom. The molecule has 182 valence electrons. The van der Waals surface area contributed by atoms with Gasteiger partial charge in [0.05, 0.1) is 5.56 Å². The SMILES string of the molecule is Cc1ccc(Nc2cc(N3CCN(C(=O)c4ccc(OC5CCCC5)nc4)CC3)nc(C)n2)cc1. The molecule has 1 saturated heterocycles. The van der Waals surface area contributed by atoms with Crippen molar-refractivity contribution in [3.8, 4) is 5.88 Å². The number of nitrogens with zero attached hydrogens (tertiary/aromatic N) is 5. The van der Waals surface area contributed by atoms with Gasteiger partial charge in [-0.15, -0.1) is 0 Å². The van der Waals surface area contributed by atoms with Gasteiger partial charge in [0.15, 0.2) is 0 Å². The smallest absolute Gasteiger partial charge is 0.255 e. The molecule has 1 aliphatic carbocycles. The van der Waals surface area contributed by atoms with Crippen LogP contribution >= 0.6 is 0 Å². The highest BCUT2D eigenvalue weighted by molar-refractivity contribution is 5.94. The Morgan fingerprint density at radius 3 is 2.40 bits per heavy atom. The third-order valence-electron chi connectivity index (χ3n) is 6.61. The van der Waals surface area contributed by atoms with E-state index < -0.39 is 0 Å². The summed E-state index contributed by atoms with van der Waals surface area (Å²) in [6.07, 6.45) is 6.49. The first-order valence-electron chi connectivity index (χ1n) is 12.4. The number of hydrogen-bond acceptors (Lipinski definition) is 7. The average Bonchev–Trinajstić information content (AvgIpc) is 3.38. The minimum atomic E-state index is 0.00478. The van der Waals surface area contributed by atoms with Crippen molar-refractivity contribution in [1.29, 1.82) is 0 Å². The fourth-order valence-corrected chi connectivity index (χ4v) is 4.64. The summed E-state index contributed by atoms with van der Waals surface area (Å²) in [5.41, 5.74) is 2.80. The molecule has 8 heteroatoms. The van der Waals surface area contributed by atoms with Gasteiger partial charge in [-0.1, -0.05) is 17.7 Å². The largest absolute Gasteiger partial charge is 0.474 e. The molecular formula is C27H32N6O2. The molecule has 2 fully saturated rings. The summed E-state index contributed by atoms with van der Waals surface area (Å²) in [4.78, 5) is 30.7. The van der Waals surface area contributed by atoms with Gasteiger partial charge in [-0.2, -0.15) is 0 Å². The first-order chi connectivity index (χ1) is 17.0.